The third kappa shape index (κ3) is 2.51. The van der Waals surface area contributed by atoms with Crippen LogP contribution in [0, 0.1) is 0 Å². The summed E-state index contributed by atoms with van der Waals surface area (Å²) in [4.78, 5) is 4.51. The average Bonchev–Trinajstić information content (AvgIpc) is 2.64. The molecule has 0 aliphatic heterocycles. The third-order valence-electron chi connectivity index (χ3n) is 2.48. The molecule has 0 aromatic carbocycles. The summed E-state index contributed by atoms with van der Waals surface area (Å²) in [5.74, 6) is 1.68. The molecule has 1 aromatic rings. The summed E-state index contributed by atoms with van der Waals surface area (Å²) in [5.41, 5.74) is 5.97. The number of rotatable bonds is 4. The smallest absolute Gasteiger partial charge is 0.145 e. The topological polar surface area (TPSA) is 51.8 Å². The zero-order valence-corrected chi connectivity index (χ0v) is 10.1. The lowest BCUT2D eigenvalue weighted by Crippen LogP contribution is -2.25. The van der Waals surface area contributed by atoms with Crippen molar-refractivity contribution in [2.24, 2.45) is 5.73 Å². The van der Waals surface area contributed by atoms with Gasteiger partial charge in [0.15, 0.2) is 0 Å². The highest BCUT2D eigenvalue weighted by molar-refractivity contribution is 7.05. The zero-order valence-electron chi connectivity index (χ0n) is 9.32. The Balaban J connectivity index is 2.76. The van der Waals surface area contributed by atoms with Crippen LogP contribution in [0.2, 0.25) is 0 Å². The standard InChI is InChI=1S/C10H19N3S/c1-5-8(11)7(4)10-12-9(6(2)3)13-14-10/h6-8H,5,11H2,1-4H3. The van der Waals surface area contributed by atoms with E-state index in [1.54, 1.807) is 0 Å². The van der Waals surface area contributed by atoms with E-state index in [1.807, 2.05) is 0 Å². The molecule has 80 valence electrons. The van der Waals surface area contributed by atoms with Crippen LogP contribution >= 0.6 is 11.5 Å². The highest BCUT2D eigenvalue weighted by Crippen LogP contribution is 2.23. The zero-order chi connectivity index (χ0) is 10.7. The number of nitrogens with zero attached hydrogens (tertiary/aromatic N) is 2. The van der Waals surface area contributed by atoms with Crippen LogP contribution < -0.4 is 5.73 Å². The first-order valence-corrected chi connectivity index (χ1v) is 5.92. The summed E-state index contributed by atoms with van der Waals surface area (Å²) in [6, 6.07) is 0.197. The minimum absolute atomic E-state index is 0.197. The lowest BCUT2D eigenvalue weighted by Gasteiger charge is -2.14. The van der Waals surface area contributed by atoms with Gasteiger partial charge in [-0.25, -0.2) is 4.98 Å². The molecule has 1 rings (SSSR count). The molecule has 2 atom stereocenters. The van der Waals surface area contributed by atoms with Gasteiger partial charge in [0.05, 0.1) is 0 Å². The maximum Gasteiger partial charge on any atom is 0.145 e. The molecule has 0 bridgehead atoms. The lowest BCUT2D eigenvalue weighted by molar-refractivity contribution is 0.547. The van der Waals surface area contributed by atoms with Crippen molar-refractivity contribution in [2.45, 2.75) is 52.0 Å². The van der Waals surface area contributed by atoms with Gasteiger partial charge in [-0.05, 0) is 18.0 Å². The van der Waals surface area contributed by atoms with Gasteiger partial charge in [0, 0.05) is 17.9 Å². The van der Waals surface area contributed by atoms with Crippen molar-refractivity contribution in [3.05, 3.63) is 10.8 Å². The number of hydrogen-bond donors (Lipinski definition) is 1. The van der Waals surface area contributed by atoms with Crippen LogP contribution in [0.1, 0.15) is 56.8 Å². The van der Waals surface area contributed by atoms with Crippen LogP contribution in [0.15, 0.2) is 0 Å². The van der Waals surface area contributed by atoms with Crippen LogP contribution in [0.5, 0.6) is 0 Å². The molecule has 0 amide bonds. The summed E-state index contributed by atoms with van der Waals surface area (Å²) >= 11 is 1.49. The average molecular weight is 213 g/mol. The molecule has 0 saturated carbocycles. The van der Waals surface area contributed by atoms with Crippen LogP contribution in [0.25, 0.3) is 0 Å². The number of nitrogens with two attached hydrogens (primary N) is 1. The van der Waals surface area contributed by atoms with Gasteiger partial charge in [0.2, 0.25) is 0 Å². The predicted octanol–water partition coefficient (Wildman–Crippen LogP) is 2.50. The minimum Gasteiger partial charge on any atom is -0.327 e. The quantitative estimate of drug-likeness (QED) is 0.836. The van der Waals surface area contributed by atoms with Gasteiger partial charge in [-0.2, -0.15) is 4.37 Å². The summed E-state index contributed by atoms with van der Waals surface area (Å²) in [7, 11) is 0. The van der Waals surface area contributed by atoms with Crippen LogP contribution in [-0.4, -0.2) is 15.4 Å². The molecule has 4 heteroatoms. The molecular weight excluding hydrogens is 194 g/mol. The van der Waals surface area contributed by atoms with Crippen LogP contribution in [0.4, 0.5) is 0 Å². The van der Waals surface area contributed by atoms with Crippen molar-refractivity contribution in [2.75, 3.05) is 0 Å². The number of hydrogen-bond acceptors (Lipinski definition) is 4. The van der Waals surface area contributed by atoms with Crippen molar-refractivity contribution in [3.63, 3.8) is 0 Å². The fourth-order valence-corrected chi connectivity index (χ4v) is 2.12. The van der Waals surface area contributed by atoms with E-state index in [9.17, 15) is 0 Å². The molecule has 0 saturated heterocycles. The first kappa shape index (κ1) is 11.6. The number of aromatic nitrogens is 2. The fourth-order valence-electron chi connectivity index (χ4n) is 1.20. The molecule has 0 aliphatic rings. The maximum absolute atomic E-state index is 5.97. The van der Waals surface area contributed by atoms with E-state index < -0.39 is 0 Å². The molecule has 0 spiro atoms. The summed E-state index contributed by atoms with van der Waals surface area (Å²) in [6.07, 6.45) is 0.984. The predicted molar refractivity (Wildman–Crippen MR) is 60.7 cm³/mol. The van der Waals surface area contributed by atoms with Gasteiger partial charge in [-0.15, -0.1) is 0 Å². The SMILES string of the molecule is CCC(N)C(C)c1nc(C(C)C)ns1. The molecule has 1 aromatic heterocycles. The van der Waals surface area contributed by atoms with Gasteiger partial charge in [0.25, 0.3) is 0 Å². The van der Waals surface area contributed by atoms with E-state index in [-0.39, 0.29) is 6.04 Å². The van der Waals surface area contributed by atoms with Crippen LogP contribution in [-0.2, 0) is 0 Å². The van der Waals surface area contributed by atoms with Crippen molar-refractivity contribution in [1.29, 1.82) is 0 Å². The highest BCUT2D eigenvalue weighted by atomic mass is 32.1. The van der Waals surface area contributed by atoms with Crippen LogP contribution in [0.3, 0.4) is 0 Å². The molecule has 3 nitrogen and oxygen atoms in total. The Morgan fingerprint density at radius 3 is 2.43 bits per heavy atom. The largest absolute Gasteiger partial charge is 0.327 e. The third-order valence-corrected chi connectivity index (χ3v) is 3.41. The Labute approximate surface area is 89.9 Å². The second-order valence-corrected chi connectivity index (χ2v) is 4.79. The van der Waals surface area contributed by atoms with Crippen molar-refractivity contribution in [1.82, 2.24) is 9.36 Å². The summed E-state index contributed by atoms with van der Waals surface area (Å²) in [6.45, 7) is 8.44. The lowest BCUT2D eigenvalue weighted by atomic mass is 10.0. The summed E-state index contributed by atoms with van der Waals surface area (Å²) < 4.78 is 4.33. The van der Waals surface area contributed by atoms with E-state index in [2.05, 4.69) is 37.1 Å². The Bertz CT molecular complexity index is 283. The molecule has 0 fully saturated rings. The molecule has 0 aliphatic carbocycles. The molecule has 1 heterocycles. The second kappa shape index (κ2) is 4.84. The Kier molecular flexibility index (Phi) is 4.01. The summed E-state index contributed by atoms with van der Waals surface area (Å²) in [5, 5.41) is 1.07. The van der Waals surface area contributed by atoms with Crippen molar-refractivity contribution < 1.29 is 0 Å². The van der Waals surface area contributed by atoms with Crippen molar-refractivity contribution in [3.8, 4) is 0 Å². The van der Waals surface area contributed by atoms with E-state index >= 15 is 0 Å². The fraction of sp³-hybridized carbons (Fsp3) is 0.800. The monoisotopic (exact) mass is 213 g/mol. The van der Waals surface area contributed by atoms with E-state index in [0.717, 1.165) is 17.3 Å². The maximum atomic E-state index is 5.97. The Morgan fingerprint density at radius 2 is 2.00 bits per heavy atom. The first-order chi connectivity index (χ1) is 6.56. The molecule has 2 N–H and O–H groups in total. The highest BCUT2D eigenvalue weighted by Gasteiger charge is 2.18. The van der Waals surface area contributed by atoms with Gasteiger partial charge in [0.1, 0.15) is 10.8 Å². The van der Waals surface area contributed by atoms with E-state index in [4.69, 9.17) is 5.73 Å². The molecule has 2 unspecified atom stereocenters. The first-order valence-electron chi connectivity index (χ1n) is 5.15. The van der Waals surface area contributed by atoms with E-state index in [1.165, 1.54) is 11.5 Å². The molecule has 14 heavy (non-hydrogen) atoms. The minimum atomic E-state index is 0.197. The Hall–Kier alpha value is -0.480. The van der Waals surface area contributed by atoms with E-state index in [0.29, 0.717) is 11.8 Å². The van der Waals surface area contributed by atoms with Gasteiger partial charge >= 0.3 is 0 Å². The van der Waals surface area contributed by atoms with Gasteiger partial charge < -0.3 is 5.73 Å². The van der Waals surface area contributed by atoms with Crippen molar-refractivity contribution >= 4 is 11.5 Å². The van der Waals surface area contributed by atoms with Gasteiger partial charge in [-0.1, -0.05) is 27.7 Å². The Morgan fingerprint density at radius 1 is 1.36 bits per heavy atom. The molecule has 0 radical (unpaired) electrons. The second-order valence-electron chi connectivity index (χ2n) is 4.01. The normalized spacial score (nSPS) is 15.9. The van der Waals surface area contributed by atoms with Gasteiger partial charge in [-0.3, -0.25) is 0 Å². The molecular formula is C10H19N3S.